The van der Waals surface area contributed by atoms with E-state index in [0.29, 0.717) is 51.1 Å². The number of ether oxygens (including phenoxy) is 1. The summed E-state index contributed by atoms with van der Waals surface area (Å²) < 4.78 is 34.1. The Labute approximate surface area is 247 Å². The van der Waals surface area contributed by atoms with Crippen LogP contribution in [0.25, 0.3) is 0 Å². The number of urea groups is 1. The summed E-state index contributed by atoms with van der Waals surface area (Å²) in [4.78, 5) is 30.3. The third kappa shape index (κ3) is 8.64. The van der Waals surface area contributed by atoms with Gasteiger partial charge in [-0.15, -0.1) is 0 Å². The van der Waals surface area contributed by atoms with Gasteiger partial charge in [-0.05, 0) is 61.9 Å². The minimum atomic E-state index is -1.06. The number of nitrogens with zero attached hydrogens (tertiary/aromatic N) is 2. The summed E-state index contributed by atoms with van der Waals surface area (Å²) in [6.45, 7) is 6.76. The molecule has 10 heteroatoms. The smallest absolute Gasteiger partial charge is 0.317 e. The number of hydrogen-bond donors (Lipinski definition) is 3. The van der Waals surface area contributed by atoms with Crippen molar-refractivity contribution in [1.82, 2.24) is 20.4 Å². The number of rotatable bonds is 12. The maximum atomic E-state index is 14.0. The monoisotopic (exact) mass is 586 g/mol. The number of hydrogen-bond acceptors (Lipinski definition) is 5. The molecule has 4 rings (SSSR count). The van der Waals surface area contributed by atoms with Crippen molar-refractivity contribution >= 4 is 11.9 Å². The quantitative estimate of drug-likeness (QED) is 0.348. The van der Waals surface area contributed by atoms with Crippen LogP contribution in [0.2, 0.25) is 0 Å². The van der Waals surface area contributed by atoms with Crippen molar-refractivity contribution in [1.29, 1.82) is 0 Å². The van der Waals surface area contributed by atoms with Crippen molar-refractivity contribution in [3.05, 3.63) is 65.7 Å². The maximum Gasteiger partial charge on any atom is 0.317 e. The Balaban J connectivity index is 1.45. The molecule has 3 N–H and O–H groups in total. The van der Waals surface area contributed by atoms with E-state index >= 15 is 0 Å². The van der Waals surface area contributed by atoms with E-state index in [1.807, 2.05) is 49.1 Å². The van der Waals surface area contributed by atoms with Crippen LogP contribution in [0, 0.1) is 17.6 Å². The van der Waals surface area contributed by atoms with Gasteiger partial charge in [-0.2, -0.15) is 0 Å². The van der Waals surface area contributed by atoms with Crippen LogP contribution < -0.4 is 15.4 Å². The molecule has 2 saturated heterocycles. The molecule has 2 aliphatic heterocycles. The molecule has 0 aromatic heterocycles. The number of nitrogens with one attached hydrogen (secondary N) is 2. The zero-order valence-electron chi connectivity index (χ0n) is 24.6. The summed E-state index contributed by atoms with van der Waals surface area (Å²) in [5.74, 6) is -0.926. The third-order valence-electron chi connectivity index (χ3n) is 8.04. The summed E-state index contributed by atoms with van der Waals surface area (Å²) in [6, 6.07) is 11.0. The SMILES string of the molecule is CCCN(CCC)C(=O)C1CCCN(C(=O)N[C@@H](Cc2cc(F)cc(F)c2)[C@H](O)[C@H]2C[C@@H](Oc3ccccc3)CN2)C1. The molecule has 230 valence electrons. The van der Waals surface area contributed by atoms with Crippen LogP contribution in [0.1, 0.15) is 51.5 Å². The standard InChI is InChI=1S/C32H44F2N4O4/c1-3-12-37(13-4-2)31(40)23-9-8-14-38(21-23)32(41)36-29(17-22-15-24(33)18-25(34)16-22)30(39)28-19-27(20-35-28)42-26-10-6-5-7-11-26/h5-7,10-11,15-16,18,23,27-30,35,39H,3-4,8-9,12-14,17,19-21H2,1-2H3,(H,36,41)/t23?,27-,28-,29+,30-/m1/s1. The Morgan fingerprint density at radius 2 is 1.81 bits per heavy atom. The van der Waals surface area contributed by atoms with Crippen molar-refractivity contribution in [3.63, 3.8) is 0 Å². The normalized spacial score (nSPS) is 21.9. The second-order valence-corrected chi connectivity index (χ2v) is 11.4. The van der Waals surface area contributed by atoms with Crippen molar-refractivity contribution in [2.45, 2.75) is 76.7 Å². The average molecular weight is 587 g/mol. The van der Waals surface area contributed by atoms with Gasteiger partial charge >= 0.3 is 6.03 Å². The summed E-state index contributed by atoms with van der Waals surface area (Å²) in [6.07, 6.45) is 2.43. The molecule has 0 spiro atoms. The molecule has 0 aliphatic carbocycles. The van der Waals surface area contributed by atoms with Gasteiger partial charge in [0, 0.05) is 51.3 Å². The fraction of sp³-hybridized carbons (Fsp3) is 0.562. The number of carbonyl (C=O) groups is 2. The largest absolute Gasteiger partial charge is 0.489 e. The topological polar surface area (TPSA) is 94.1 Å². The van der Waals surface area contributed by atoms with Crippen LogP contribution >= 0.6 is 0 Å². The van der Waals surface area contributed by atoms with Gasteiger partial charge in [0.05, 0.1) is 18.1 Å². The van der Waals surface area contributed by atoms with Crippen molar-refractivity contribution in [2.75, 3.05) is 32.7 Å². The lowest BCUT2D eigenvalue weighted by atomic mass is 9.94. The maximum absolute atomic E-state index is 14.0. The van der Waals surface area contributed by atoms with E-state index in [-0.39, 0.29) is 24.3 Å². The fourth-order valence-corrected chi connectivity index (χ4v) is 6.04. The number of halogens is 2. The zero-order chi connectivity index (χ0) is 30.1. The van der Waals surface area contributed by atoms with Gasteiger partial charge in [-0.1, -0.05) is 32.0 Å². The highest BCUT2D eigenvalue weighted by molar-refractivity contribution is 5.81. The predicted molar refractivity (Wildman–Crippen MR) is 157 cm³/mol. The Morgan fingerprint density at radius 1 is 1.12 bits per heavy atom. The van der Waals surface area contributed by atoms with E-state index in [1.165, 1.54) is 12.1 Å². The first kappa shape index (κ1) is 31.7. The summed E-state index contributed by atoms with van der Waals surface area (Å²) in [5.41, 5.74) is 0.327. The number of aliphatic hydroxyl groups is 1. The number of para-hydroxylation sites is 1. The molecular formula is C32H44F2N4O4. The first-order valence-corrected chi connectivity index (χ1v) is 15.2. The minimum Gasteiger partial charge on any atom is -0.489 e. The average Bonchev–Trinajstić information content (AvgIpc) is 3.44. The van der Waals surface area contributed by atoms with E-state index in [2.05, 4.69) is 10.6 Å². The highest BCUT2D eigenvalue weighted by Crippen LogP contribution is 2.23. The summed E-state index contributed by atoms with van der Waals surface area (Å²) in [7, 11) is 0. The van der Waals surface area contributed by atoms with Crippen molar-refractivity contribution in [2.24, 2.45) is 5.92 Å². The van der Waals surface area contributed by atoms with Gasteiger partial charge in [-0.25, -0.2) is 13.6 Å². The summed E-state index contributed by atoms with van der Waals surface area (Å²) in [5, 5.41) is 17.7. The van der Waals surface area contributed by atoms with Crippen LogP contribution in [0.4, 0.5) is 13.6 Å². The van der Waals surface area contributed by atoms with Crippen LogP contribution in [0.5, 0.6) is 5.75 Å². The molecule has 0 saturated carbocycles. The zero-order valence-corrected chi connectivity index (χ0v) is 24.6. The second kappa shape index (κ2) is 15.3. The number of carbonyl (C=O) groups excluding carboxylic acids is 2. The van der Waals surface area contributed by atoms with Crippen molar-refractivity contribution < 1.29 is 28.2 Å². The second-order valence-electron chi connectivity index (χ2n) is 11.4. The Morgan fingerprint density at radius 3 is 2.48 bits per heavy atom. The highest BCUT2D eigenvalue weighted by Gasteiger charge is 2.37. The minimum absolute atomic E-state index is 0.0287. The molecule has 3 amide bonds. The molecule has 0 bridgehead atoms. The molecule has 8 nitrogen and oxygen atoms in total. The molecule has 2 aliphatic rings. The number of benzene rings is 2. The van der Waals surface area contributed by atoms with Crippen LogP contribution in [0.15, 0.2) is 48.5 Å². The van der Waals surface area contributed by atoms with E-state index < -0.39 is 35.9 Å². The molecule has 2 fully saturated rings. The van der Waals surface area contributed by atoms with E-state index in [9.17, 15) is 23.5 Å². The molecule has 2 aromatic carbocycles. The molecule has 2 aromatic rings. The third-order valence-corrected chi connectivity index (χ3v) is 8.04. The first-order valence-electron chi connectivity index (χ1n) is 15.2. The lowest BCUT2D eigenvalue weighted by Crippen LogP contribution is -2.57. The Hall–Kier alpha value is -3.24. The van der Waals surface area contributed by atoms with E-state index in [0.717, 1.165) is 31.1 Å². The lowest BCUT2D eigenvalue weighted by molar-refractivity contribution is -0.137. The Kier molecular flexibility index (Phi) is 11.5. The molecule has 0 radical (unpaired) electrons. The summed E-state index contributed by atoms with van der Waals surface area (Å²) >= 11 is 0. The van der Waals surface area contributed by atoms with Crippen molar-refractivity contribution in [3.8, 4) is 5.75 Å². The molecule has 1 unspecified atom stereocenters. The number of piperidine rings is 1. The highest BCUT2D eigenvalue weighted by atomic mass is 19.1. The lowest BCUT2D eigenvalue weighted by Gasteiger charge is -2.37. The van der Waals surface area contributed by atoms with Gasteiger partial charge < -0.3 is 30.3 Å². The molecule has 5 atom stereocenters. The van der Waals surface area contributed by atoms with Gasteiger partial charge in [0.2, 0.25) is 5.91 Å². The molecular weight excluding hydrogens is 542 g/mol. The number of likely N-dealkylation sites (tertiary alicyclic amines) is 1. The van der Waals surface area contributed by atoms with E-state index in [1.54, 1.807) is 4.90 Å². The van der Waals surface area contributed by atoms with E-state index in [4.69, 9.17) is 4.74 Å². The van der Waals surface area contributed by atoms with Gasteiger partial charge in [0.25, 0.3) is 0 Å². The fourth-order valence-electron chi connectivity index (χ4n) is 6.04. The number of amides is 3. The molecule has 2 heterocycles. The molecule has 42 heavy (non-hydrogen) atoms. The predicted octanol–water partition coefficient (Wildman–Crippen LogP) is 4.12. The van der Waals surface area contributed by atoms with Crippen LogP contribution in [-0.4, -0.2) is 83.9 Å². The van der Waals surface area contributed by atoms with Gasteiger partial charge in [-0.3, -0.25) is 4.79 Å². The van der Waals surface area contributed by atoms with Gasteiger partial charge in [0.15, 0.2) is 0 Å². The van der Waals surface area contributed by atoms with Gasteiger partial charge in [0.1, 0.15) is 23.5 Å². The Bertz CT molecular complexity index is 1140. The van der Waals surface area contributed by atoms with Crippen LogP contribution in [0.3, 0.4) is 0 Å². The number of aliphatic hydroxyl groups excluding tert-OH is 1. The van der Waals surface area contributed by atoms with Crippen LogP contribution in [-0.2, 0) is 11.2 Å². The first-order chi connectivity index (χ1) is 20.3.